The highest BCUT2D eigenvalue weighted by Gasteiger charge is 2.70. The van der Waals surface area contributed by atoms with Crippen LogP contribution >= 0.6 is 0 Å². The molecule has 2 aliphatic heterocycles. The van der Waals surface area contributed by atoms with Gasteiger partial charge < -0.3 is 0 Å². The zero-order chi connectivity index (χ0) is 75.3. The van der Waals surface area contributed by atoms with Gasteiger partial charge in [-0.25, -0.2) is 0 Å². The van der Waals surface area contributed by atoms with Crippen molar-refractivity contribution in [3.05, 3.63) is 0 Å². The van der Waals surface area contributed by atoms with E-state index >= 15 is 0 Å². The third-order valence-corrected chi connectivity index (χ3v) is 44.0. The van der Waals surface area contributed by atoms with Crippen molar-refractivity contribution in [1.29, 1.82) is 0 Å². The standard InChI is InChI=1S/C108H182BN3/c1-107(2,3)85-62-82-48-49-83-63-86(108(4,5)6)68-95-94(65-84(64-85)102(82)103(83)95)81-55-61-97-99(67-81)112(106-92(78-40-24-12-25-41-78)46-29-47-93(106)79-42-26-13-27-43-79)101-70-89(110(87-56-50-74(51-57-87)71-30-14-7-15-31-71)88-58-52-75(53-59-88)72-32-16-8-17-33-72)69-100-104(101)109(97)96-60-54-80(73-34-18-9-19-35-73)66-98(96)111(100)105-90(76-36-20-10-21-37-76)44-28-45-91(105)77-38-22-11-23-39-77/h71-106H,7-70H2,1-6H3. The van der Waals surface area contributed by atoms with E-state index in [1.165, 1.54) is 44.9 Å². The summed E-state index contributed by atoms with van der Waals surface area (Å²) in [6.45, 7) is 17.3. The number of nitrogens with zero attached hydrogens (tertiary/aromatic N) is 3. The quantitative estimate of drug-likeness (QED) is 0.170. The zero-order valence-electron chi connectivity index (χ0n) is 75.0. The van der Waals surface area contributed by atoms with Gasteiger partial charge in [-0.3, -0.25) is 14.7 Å². The monoisotopic (exact) mass is 1530 g/mol. The Morgan fingerprint density at radius 3 is 0.938 bits per heavy atom. The van der Waals surface area contributed by atoms with Crippen LogP contribution in [0.15, 0.2) is 0 Å². The van der Waals surface area contributed by atoms with Gasteiger partial charge in [0.1, 0.15) is 0 Å². The average molecular weight is 1530 g/mol. The predicted molar refractivity (Wildman–Crippen MR) is 475 cm³/mol. The second-order valence-electron chi connectivity index (χ2n) is 50.4. The molecular formula is C108H182BN3. The molecule has 0 aromatic carbocycles. The Bertz CT molecular complexity index is 2850. The van der Waals surface area contributed by atoms with Gasteiger partial charge in [0.2, 0.25) is 0 Å². The Morgan fingerprint density at radius 2 is 0.536 bits per heavy atom. The topological polar surface area (TPSA) is 9.72 Å². The van der Waals surface area contributed by atoms with Crippen molar-refractivity contribution in [3.63, 3.8) is 0 Å². The van der Waals surface area contributed by atoms with Gasteiger partial charge in [0.25, 0.3) is 0 Å². The molecule has 18 aliphatic carbocycles. The van der Waals surface area contributed by atoms with Crippen molar-refractivity contribution in [2.45, 2.75) is 524 Å². The Kier molecular flexibility index (Phi) is 25.1. The van der Waals surface area contributed by atoms with E-state index in [1.54, 1.807) is 366 Å². The van der Waals surface area contributed by atoms with Crippen molar-refractivity contribution in [3.8, 4) is 0 Å². The number of rotatable bonds is 13. The second kappa shape index (κ2) is 34.9. The molecular weight excluding hydrogens is 1350 g/mol. The second-order valence-corrected chi connectivity index (χ2v) is 50.4. The van der Waals surface area contributed by atoms with Gasteiger partial charge in [0.05, 0.1) is 0 Å². The molecule has 2 heterocycles. The predicted octanol–water partition coefficient (Wildman–Crippen LogP) is 29.9. The molecule has 2 saturated heterocycles. The molecule has 112 heavy (non-hydrogen) atoms. The van der Waals surface area contributed by atoms with Crippen LogP contribution in [0.2, 0.25) is 17.5 Å². The van der Waals surface area contributed by atoms with Crippen LogP contribution in [0.3, 0.4) is 0 Å². The van der Waals surface area contributed by atoms with E-state index in [2.05, 4.69) is 56.2 Å². The molecule has 0 aromatic heterocycles. The highest BCUT2D eigenvalue weighted by molar-refractivity contribution is 6.65. The van der Waals surface area contributed by atoms with Gasteiger partial charge in [0.15, 0.2) is 6.71 Å². The van der Waals surface area contributed by atoms with E-state index in [4.69, 9.17) is 0 Å². The lowest BCUT2D eigenvalue weighted by Crippen LogP contribution is -2.78. The van der Waals surface area contributed by atoms with Gasteiger partial charge in [-0.1, -0.05) is 305 Å². The molecule has 23 atom stereocenters. The molecule has 23 unspecified atom stereocenters. The minimum atomic E-state index is 0.431. The molecule has 20 fully saturated rings. The lowest BCUT2D eigenvalue weighted by atomic mass is 9.18. The maximum absolute atomic E-state index is 4.09. The van der Waals surface area contributed by atoms with E-state index in [9.17, 15) is 0 Å². The highest BCUT2D eigenvalue weighted by atomic mass is 15.3. The number of fused-ring (bicyclic) bond motifs is 4. The Labute approximate surface area is 694 Å². The van der Waals surface area contributed by atoms with Crippen LogP contribution in [0.4, 0.5) is 0 Å². The average Bonchev–Trinajstić information content (AvgIpc) is 0.686. The minimum Gasteiger partial charge on any atom is -0.295 e. The fourth-order valence-electron chi connectivity index (χ4n) is 39.3. The van der Waals surface area contributed by atoms with Crippen molar-refractivity contribution in [2.24, 2.45) is 153 Å². The van der Waals surface area contributed by atoms with E-state index in [0.29, 0.717) is 10.8 Å². The van der Waals surface area contributed by atoms with Crippen molar-refractivity contribution < 1.29 is 0 Å². The number of hydrogen-bond donors (Lipinski definition) is 0. The highest BCUT2D eigenvalue weighted by Crippen LogP contribution is 2.71. The Morgan fingerprint density at radius 1 is 0.214 bits per heavy atom. The van der Waals surface area contributed by atoms with E-state index in [0.717, 1.165) is 221 Å². The van der Waals surface area contributed by atoms with E-state index in [-0.39, 0.29) is 0 Å². The summed E-state index contributed by atoms with van der Waals surface area (Å²) in [6, 6.07) is 7.55. The SMILES string of the molecule is CC(C)(C)C1CC2CCC3CC(C(C)(C)C)CC4C(C5CCC6B7C8CCC(C9CCCCC9)CC8N(C8C(C9CCCCC9)CCCC8C8CCCCC8)C8CC(N(C9CCC(C%10CCCCC%10)CC9)C9CCC(C%10CCCCC%10)CC9)CC(C78)N(C7C(C8CCCCC8)CCCC7C7CCCCC7)C6C5)CC(C1)C2C34. The molecule has 0 N–H and O–H groups in total. The molecule has 18 saturated carbocycles. The molecule has 0 amide bonds. The Hall–Kier alpha value is -0.0551. The first-order valence-corrected chi connectivity index (χ1v) is 54.1. The molecule has 4 heteroatoms. The molecule has 3 nitrogen and oxygen atoms in total. The van der Waals surface area contributed by atoms with Gasteiger partial charge in [-0.2, -0.15) is 0 Å². The van der Waals surface area contributed by atoms with Gasteiger partial charge in [-0.05, 0) is 318 Å². The van der Waals surface area contributed by atoms with Crippen LogP contribution in [0.25, 0.3) is 0 Å². The minimum absolute atomic E-state index is 0.431. The molecule has 0 aromatic rings. The van der Waals surface area contributed by atoms with E-state index in [1.807, 2.05) is 0 Å². The smallest absolute Gasteiger partial charge is 0.156 e. The zero-order valence-corrected chi connectivity index (χ0v) is 75.0. The van der Waals surface area contributed by atoms with Crippen LogP contribution < -0.4 is 0 Å². The fourth-order valence-corrected chi connectivity index (χ4v) is 39.3. The lowest BCUT2D eigenvalue weighted by molar-refractivity contribution is -0.159. The van der Waals surface area contributed by atoms with Gasteiger partial charge in [-0.15, -0.1) is 0 Å². The molecule has 0 bridgehead atoms. The molecule has 0 spiro atoms. The summed E-state index contributed by atoms with van der Waals surface area (Å²) in [4.78, 5) is 11.9. The van der Waals surface area contributed by atoms with Crippen molar-refractivity contribution in [1.82, 2.24) is 14.7 Å². The molecule has 20 rings (SSSR count). The molecule has 20 aliphatic rings. The summed E-state index contributed by atoms with van der Waals surface area (Å²) >= 11 is 0. The lowest BCUT2D eigenvalue weighted by Gasteiger charge is -2.73. The van der Waals surface area contributed by atoms with E-state index < -0.39 is 0 Å². The molecule has 632 valence electrons. The Balaban J connectivity index is 0.770. The van der Waals surface area contributed by atoms with Crippen LogP contribution in [0.1, 0.15) is 452 Å². The summed E-state index contributed by atoms with van der Waals surface area (Å²) in [5.41, 5.74) is 0.876. The first kappa shape index (κ1) is 80.4. The van der Waals surface area contributed by atoms with Crippen molar-refractivity contribution >= 4 is 6.71 Å². The maximum atomic E-state index is 4.09. The van der Waals surface area contributed by atoms with Crippen LogP contribution in [-0.4, -0.2) is 75.8 Å². The summed E-state index contributed by atoms with van der Waals surface area (Å²) in [7, 11) is 0. The van der Waals surface area contributed by atoms with Crippen LogP contribution in [0, 0.1) is 153 Å². The third kappa shape index (κ3) is 15.8. The fraction of sp³-hybridized carbons (Fsp3) is 1.00. The van der Waals surface area contributed by atoms with Gasteiger partial charge >= 0.3 is 0 Å². The van der Waals surface area contributed by atoms with Gasteiger partial charge in [0, 0.05) is 54.4 Å². The van der Waals surface area contributed by atoms with Crippen molar-refractivity contribution in [2.75, 3.05) is 0 Å². The summed E-state index contributed by atoms with van der Waals surface area (Å²) in [5.74, 6) is 26.8. The molecule has 0 radical (unpaired) electrons. The normalized spacial score (nSPS) is 47.6. The largest absolute Gasteiger partial charge is 0.295 e. The first-order valence-electron chi connectivity index (χ1n) is 54.1. The third-order valence-electron chi connectivity index (χ3n) is 44.0. The van der Waals surface area contributed by atoms with Crippen LogP contribution in [0.5, 0.6) is 0 Å². The maximum Gasteiger partial charge on any atom is 0.156 e. The summed E-state index contributed by atoms with van der Waals surface area (Å²) in [6.07, 6.45) is 101. The number of hydrogen-bond acceptors (Lipinski definition) is 3. The summed E-state index contributed by atoms with van der Waals surface area (Å²) < 4.78 is 0. The van der Waals surface area contributed by atoms with Crippen LogP contribution in [-0.2, 0) is 0 Å². The first-order chi connectivity index (χ1) is 54.8. The summed E-state index contributed by atoms with van der Waals surface area (Å²) in [5, 5.41) is 0.